The zero-order chi connectivity index (χ0) is 15.0. The standard InChI is InChI=1S/C16H27NO3/c1-5-14(17)11-13-7-6-8-15(19-4)16(13)20-12(2)9-10-18-3/h6-8,12,14H,5,9-11,17H2,1-4H3. The van der Waals surface area contributed by atoms with Gasteiger partial charge in [0, 0.05) is 26.2 Å². The molecule has 0 spiro atoms. The van der Waals surface area contributed by atoms with Gasteiger partial charge in [0.1, 0.15) is 0 Å². The van der Waals surface area contributed by atoms with E-state index in [0.717, 1.165) is 36.3 Å². The predicted molar refractivity (Wildman–Crippen MR) is 81.5 cm³/mol. The smallest absolute Gasteiger partial charge is 0.164 e. The van der Waals surface area contributed by atoms with Crippen molar-refractivity contribution in [3.63, 3.8) is 0 Å². The maximum atomic E-state index is 6.06. The quantitative estimate of drug-likeness (QED) is 0.756. The number of hydrogen-bond acceptors (Lipinski definition) is 4. The summed E-state index contributed by atoms with van der Waals surface area (Å²) < 4.78 is 16.6. The molecule has 0 saturated heterocycles. The molecule has 20 heavy (non-hydrogen) atoms. The molecule has 0 bridgehead atoms. The minimum Gasteiger partial charge on any atom is -0.493 e. The highest BCUT2D eigenvalue weighted by molar-refractivity contribution is 5.47. The topological polar surface area (TPSA) is 53.7 Å². The maximum Gasteiger partial charge on any atom is 0.164 e. The molecule has 0 amide bonds. The van der Waals surface area contributed by atoms with Gasteiger partial charge in [0.05, 0.1) is 13.2 Å². The van der Waals surface area contributed by atoms with Gasteiger partial charge < -0.3 is 19.9 Å². The lowest BCUT2D eigenvalue weighted by atomic mass is 10.0. The molecule has 114 valence electrons. The Hall–Kier alpha value is -1.26. The van der Waals surface area contributed by atoms with Crippen LogP contribution in [0.2, 0.25) is 0 Å². The third kappa shape index (κ3) is 5.02. The molecule has 2 unspecified atom stereocenters. The summed E-state index contributed by atoms with van der Waals surface area (Å²) in [6.07, 6.45) is 2.65. The van der Waals surface area contributed by atoms with Gasteiger partial charge in [0.2, 0.25) is 0 Å². The summed E-state index contributed by atoms with van der Waals surface area (Å²) in [5, 5.41) is 0. The fourth-order valence-corrected chi connectivity index (χ4v) is 1.99. The highest BCUT2D eigenvalue weighted by atomic mass is 16.5. The Balaban J connectivity index is 2.88. The first-order valence-electron chi connectivity index (χ1n) is 7.19. The highest BCUT2D eigenvalue weighted by Crippen LogP contribution is 2.33. The second-order valence-corrected chi connectivity index (χ2v) is 5.03. The summed E-state index contributed by atoms with van der Waals surface area (Å²) in [6.45, 7) is 4.81. The lowest BCUT2D eigenvalue weighted by Gasteiger charge is -2.21. The Bertz CT molecular complexity index is 395. The van der Waals surface area contributed by atoms with E-state index >= 15 is 0 Å². The molecule has 0 fully saturated rings. The number of nitrogens with two attached hydrogens (primary N) is 1. The van der Waals surface area contributed by atoms with Crippen molar-refractivity contribution in [1.29, 1.82) is 0 Å². The largest absolute Gasteiger partial charge is 0.493 e. The van der Waals surface area contributed by atoms with Gasteiger partial charge in [0.25, 0.3) is 0 Å². The van der Waals surface area contributed by atoms with E-state index < -0.39 is 0 Å². The van der Waals surface area contributed by atoms with E-state index in [4.69, 9.17) is 19.9 Å². The van der Waals surface area contributed by atoms with Crippen molar-refractivity contribution >= 4 is 0 Å². The Morgan fingerprint density at radius 1 is 1.25 bits per heavy atom. The zero-order valence-electron chi connectivity index (χ0n) is 13.0. The van der Waals surface area contributed by atoms with E-state index in [1.807, 2.05) is 19.1 Å². The second-order valence-electron chi connectivity index (χ2n) is 5.03. The van der Waals surface area contributed by atoms with E-state index in [0.29, 0.717) is 6.61 Å². The maximum absolute atomic E-state index is 6.06. The first-order valence-corrected chi connectivity index (χ1v) is 7.19. The lowest BCUT2D eigenvalue weighted by Crippen LogP contribution is -2.23. The second kappa shape index (κ2) is 8.82. The molecule has 0 radical (unpaired) electrons. The van der Waals surface area contributed by atoms with Crippen LogP contribution in [0.15, 0.2) is 18.2 Å². The van der Waals surface area contributed by atoms with E-state index in [9.17, 15) is 0 Å². The Labute approximate surface area is 122 Å². The van der Waals surface area contributed by atoms with Gasteiger partial charge in [-0.25, -0.2) is 0 Å². The van der Waals surface area contributed by atoms with Crippen LogP contribution in [0.4, 0.5) is 0 Å². The van der Waals surface area contributed by atoms with Crippen molar-refractivity contribution in [2.45, 2.75) is 45.3 Å². The molecule has 0 saturated carbocycles. The fraction of sp³-hybridized carbons (Fsp3) is 0.625. The number of methoxy groups -OCH3 is 2. The van der Waals surface area contributed by atoms with Gasteiger partial charge in [-0.3, -0.25) is 0 Å². The Morgan fingerprint density at radius 2 is 2.00 bits per heavy atom. The van der Waals surface area contributed by atoms with Crippen molar-refractivity contribution in [2.75, 3.05) is 20.8 Å². The summed E-state index contributed by atoms with van der Waals surface area (Å²) in [6, 6.07) is 6.08. The molecule has 1 aromatic carbocycles. The van der Waals surface area contributed by atoms with E-state index in [1.165, 1.54) is 0 Å². The SMILES string of the molecule is CCC(N)Cc1cccc(OC)c1OC(C)CCOC. The van der Waals surface area contributed by atoms with Gasteiger partial charge in [-0.05, 0) is 31.4 Å². The van der Waals surface area contributed by atoms with Crippen molar-refractivity contribution in [3.8, 4) is 11.5 Å². The zero-order valence-corrected chi connectivity index (χ0v) is 13.0. The monoisotopic (exact) mass is 281 g/mol. The van der Waals surface area contributed by atoms with Gasteiger partial charge in [0.15, 0.2) is 11.5 Å². The molecular formula is C16H27NO3. The Kier molecular flexibility index (Phi) is 7.41. The lowest BCUT2D eigenvalue weighted by molar-refractivity contribution is 0.132. The van der Waals surface area contributed by atoms with E-state index in [2.05, 4.69) is 13.0 Å². The summed E-state index contributed by atoms with van der Waals surface area (Å²) in [4.78, 5) is 0. The molecule has 1 rings (SSSR count). The summed E-state index contributed by atoms with van der Waals surface area (Å²) >= 11 is 0. The molecule has 0 aliphatic heterocycles. The van der Waals surface area contributed by atoms with Crippen LogP contribution in [0, 0.1) is 0 Å². The average molecular weight is 281 g/mol. The van der Waals surface area contributed by atoms with Crippen LogP contribution in [0.1, 0.15) is 32.3 Å². The molecule has 2 atom stereocenters. The van der Waals surface area contributed by atoms with E-state index in [-0.39, 0.29) is 12.1 Å². The first-order chi connectivity index (χ1) is 9.62. The molecule has 2 N–H and O–H groups in total. The third-order valence-corrected chi connectivity index (χ3v) is 3.33. The predicted octanol–water partition coefficient (Wildman–Crippen LogP) is 2.78. The van der Waals surface area contributed by atoms with Crippen molar-refractivity contribution in [2.24, 2.45) is 5.73 Å². The molecular weight excluding hydrogens is 254 g/mol. The minimum atomic E-state index is 0.0721. The molecule has 0 heterocycles. The van der Waals surface area contributed by atoms with Crippen molar-refractivity contribution in [3.05, 3.63) is 23.8 Å². The number of rotatable bonds is 9. The van der Waals surface area contributed by atoms with Crippen LogP contribution in [-0.4, -0.2) is 33.0 Å². The van der Waals surface area contributed by atoms with Crippen molar-refractivity contribution in [1.82, 2.24) is 0 Å². The van der Waals surface area contributed by atoms with Gasteiger partial charge in [-0.2, -0.15) is 0 Å². The van der Waals surface area contributed by atoms with Crippen molar-refractivity contribution < 1.29 is 14.2 Å². The Morgan fingerprint density at radius 3 is 2.60 bits per heavy atom. The van der Waals surface area contributed by atoms with E-state index in [1.54, 1.807) is 14.2 Å². The van der Waals surface area contributed by atoms with Gasteiger partial charge in [-0.15, -0.1) is 0 Å². The number of ether oxygens (including phenoxy) is 3. The van der Waals surface area contributed by atoms with Crippen LogP contribution in [0.5, 0.6) is 11.5 Å². The number of hydrogen-bond donors (Lipinski definition) is 1. The molecule has 0 aliphatic carbocycles. The molecule has 4 heteroatoms. The van der Waals surface area contributed by atoms with Crippen LogP contribution in [0.25, 0.3) is 0 Å². The number of para-hydroxylation sites is 1. The van der Waals surface area contributed by atoms with Crippen LogP contribution in [0.3, 0.4) is 0 Å². The highest BCUT2D eigenvalue weighted by Gasteiger charge is 2.15. The van der Waals surface area contributed by atoms with Gasteiger partial charge >= 0.3 is 0 Å². The van der Waals surface area contributed by atoms with Crippen LogP contribution in [-0.2, 0) is 11.2 Å². The average Bonchev–Trinajstić information content (AvgIpc) is 2.46. The minimum absolute atomic E-state index is 0.0721. The first kappa shape index (κ1) is 16.8. The normalized spacial score (nSPS) is 13.8. The molecule has 4 nitrogen and oxygen atoms in total. The third-order valence-electron chi connectivity index (χ3n) is 3.33. The molecule has 0 aliphatic rings. The van der Waals surface area contributed by atoms with Crippen LogP contribution < -0.4 is 15.2 Å². The molecule has 0 aromatic heterocycles. The summed E-state index contributed by atoms with van der Waals surface area (Å²) in [7, 11) is 3.35. The van der Waals surface area contributed by atoms with Gasteiger partial charge in [-0.1, -0.05) is 19.1 Å². The summed E-state index contributed by atoms with van der Waals surface area (Å²) in [5.41, 5.74) is 7.16. The van der Waals surface area contributed by atoms with Crippen LogP contribution >= 0.6 is 0 Å². The summed E-state index contributed by atoms with van der Waals surface area (Å²) in [5.74, 6) is 1.57. The fourth-order valence-electron chi connectivity index (χ4n) is 1.99. The number of benzene rings is 1. The molecule has 1 aromatic rings.